The Bertz CT molecular complexity index is 1330. The number of para-hydroxylation sites is 1. The van der Waals surface area contributed by atoms with Crippen LogP contribution >= 0.6 is 0 Å². The smallest absolute Gasteiger partial charge is 0.280 e. The number of amides is 2. The Labute approximate surface area is 195 Å². The highest BCUT2D eigenvalue weighted by Gasteiger charge is 2.51. The molecule has 172 valence electrons. The molecule has 0 bridgehead atoms. The van der Waals surface area contributed by atoms with Gasteiger partial charge in [0.05, 0.1) is 36.5 Å². The van der Waals surface area contributed by atoms with Gasteiger partial charge in [-0.05, 0) is 30.2 Å². The van der Waals surface area contributed by atoms with Crippen molar-refractivity contribution in [3.63, 3.8) is 0 Å². The number of pyridine rings is 1. The van der Waals surface area contributed by atoms with Gasteiger partial charge in [-0.25, -0.2) is 9.67 Å². The molecule has 0 aliphatic carbocycles. The molecule has 2 aromatic heterocycles. The molecule has 2 aromatic carbocycles. The van der Waals surface area contributed by atoms with Crippen molar-refractivity contribution in [1.82, 2.24) is 20.1 Å². The Morgan fingerprint density at radius 1 is 1.03 bits per heavy atom. The molecule has 1 aliphatic rings. The molecule has 0 spiro atoms. The van der Waals surface area contributed by atoms with Gasteiger partial charge in [0.25, 0.3) is 17.6 Å². The van der Waals surface area contributed by atoms with Crippen molar-refractivity contribution < 1.29 is 19.1 Å². The number of rotatable bonds is 7. The molecule has 0 saturated carbocycles. The minimum Gasteiger partial charge on any atom is -0.365 e. The van der Waals surface area contributed by atoms with Crippen LogP contribution in [0, 0.1) is 0 Å². The number of hydrogen-bond donors (Lipinski definition) is 2. The molecule has 2 amide bonds. The summed E-state index contributed by atoms with van der Waals surface area (Å²) in [5.74, 6) is -2.66. The van der Waals surface area contributed by atoms with Crippen molar-refractivity contribution in [2.75, 3.05) is 13.2 Å². The van der Waals surface area contributed by atoms with Crippen LogP contribution in [0.3, 0.4) is 0 Å². The number of primary amides is 1. The minimum absolute atomic E-state index is 0.196. The number of nitrogens with two attached hydrogens (primary N) is 1. The Kier molecular flexibility index (Phi) is 5.79. The highest BCUT2D eigenvalue weighted by atomic mass is 16.7. The van der Waals surface area contributed by atoms with E-state index in [0.717, 1.165) is 16.5 Å². The van der Waals surface area contributed by atoms with E-state index in [1.807, 2.05) is 54.6 Å². The van der Waals surface area contributed by atoms with E-state index in [9.17, 15) is 9.59 Å². The van der Waals surface area contributed by atoms with Crippen molar-refractivity contribution in [3.05, 3.63) is 90.3 Å². The monoisotopic (exact) mass is 457 g/mol. The molecule has 34 heavy (non-hydrogen) atoms. The fourth-order valence-electron chi connectivity index (χ4n) is 4.19. The molecule has 1 unspecified atom stereocenters. The van der Waals surface area contributed by atoms with E-state index in [1.54, 1.807) is 29.2 Å². The van der Waals surface area contributed by atoms with E-state index in [0.29, 0.717) is 5.82 Å². The minimum atomic E-state index is -1.77. The summed E-state index contributed by atoms with van der Waals surface area (Å²) in [6, 6.07) is 19.5. The molecule has 3 N–H and O–H groups in total. The lowest BCUT2D eigenvalue weighted by molar-refractivity contribution is -0.189. The van der Waals surface area contributed by atoms with Crippen LogP contribution in [0.1, 0.15) is 15.9 Å². The van der Waals surface area contributed by atoms with E-state index >= 15 is 0 Å². The quantitative estimate of drug-likeness (QED) is 0.438. The standard InChI is InChI=1S/C25H23N5O4/c26-24(32)25(33-13-14-34-25)21(15-17-7-2-1-3-8-17)29-23(31)19-10-6-12-27-22(19)30-20-11-5-4-9-18(20)16-28-30/h1-12,16,21H,13-15H2,(H2,26,32)(H,29,31). The van der Waals surface area contributed by atoms with Crippen LogP contribution in [-0.4, -0.2) is 51.6 Å². The summed E-state index contributed by atoms with van der Waals surface area (Å²) < 4.78 is 13.0. The van der Waals surface area contributed by atoms with E-state index in [-0.39, 0.29) is 25.2 Å². The summed E-state index contributed by atoms with van der Waals surface area (Å²) in [5, 5.41) is 8.27. The van der Waals surface area contributed by atoms with Crippen molar-refractivity contribution >= 4 is 22.7 Å². The number of nitrogens with one attached hydrogen (secondary N) is 1. The zero-order chi connectivity index (χ0) is 23.5. The van der Waals surface area contributed by atoms with Crippen molar-refractivity contribution in [1.29, 1.82) is 0 Å². The lowest BCUT2D eigenvalue weighted by Gasteiger charge is -2.33. The Hall–Kier alpha value is -4.08. The molecule has 5 rings (SSSR count). The van der Waals surface area contributed by atoms with Crippen LogP contribution < -0.4 is 11.1 Å². The number of carbonyl (C=O) groups excluding carboxylic acids is 2. The normalized spacial score (nSPS) is 15.8. The summed E-state index contributed by atoms with van der Waals surface area (Å²) in [5.41, 5.74) is 7.69. The average Bonchev–Trinajstić information content (AvgIpc) is 3.53. The van der Waals surface area contributed by atoms with E-state index < -0.39 is 23.6 Å². The van der Waals surface area contributed by atoms with Gasteiger partial charge in [0, 0.05) is 11.6 Å². The molecular weight excluding hydrogens is 434 g/mol. The lowest BCUT2D eigenvalue weighted by Crippen LogP contribution is -2.61. The van der Waals surface area contributed by atoms with Gasteiger partial charge in [0.1, 0.15) is 0 Å². The average molecular weight is 457 g/mol. The fourth-order valence-corrected chi connectivity index (χ4v) is 4.19. The predicted molar refractivity (Wildman–Crippen MR) is 124 cm³/mol. The highest BCUT2D eigenvalue weighted by Crippen LogP contribution is 2.27. The molecule has 1 fully saturated rings. The molecule has 3 heterocycles. The maximum Gasteiger partial charge on any atom is 0.280 e. The first-order valence-electron chi connectivity index (χ1n) is 10.9. The third-order valence-corrected chi connectivity index (χ3v) is 5.82. The van der Waals surface area contributed by atoms with Gasteiger partial charge in [0.15, 0.2) is 5.82 Å². The van der Waals surface area contributed by atoms with E-state index in [4.69, 9.17) is 15.2 Å². The molecule has 0 radical (unpaired) electrons. The Balaban J connectivity index is 1.52. The molecule has 9 nitrogen and oxygen atoms in total. The summed E-state index contributed by atoms with van der Waals surface area (Å²) in [6.07, 6.45) is 3.58. The second-order valence-corrected chi connectivity index (χ2v) is 7.93. The maximum absolute atomic E-state index is 13.6. The summed E-state index contributed by atoms with van der Waals surface area (Å²) in [4.78, 5) is 30.5. The van der Waals surface area contributed by atoms with Crippen LogP contribution in [0.5, 0.6) is 0 Å². The van der Waals surface area contributed by atoms with Gasteiger partial charge < -0.3 is 20.5 Å². The first kappa shape index (κ1) is 21.7. The molecular formula is C25H23N5O4. The van der Waals surface area contributed by atoms with Crippen LogP contribution in [0.25, 0.3) is 16.7 Å². The molecule has 1 aliphatic heterocycles. The lowest BCUT2D eigenvalue weighted by atomic mass is 9.97. The largest absolute Gasteiger partial charge is 0.365 e. The van der Waals surface area contributed by atoms with E-state index in [2.05, 4.69) is 15.4 Å². The van der Waals surface area contributed by atoms with Crippen LogP contribution in [0.2, 0.25) is 0 Å². The van der Waals surface area contributed by atoms with Gasteiger partial charge in [-0.2, -0.15) is 5.10 Å². The van der Waals surface area contributed by atoms with E-state index in [1.165, 1.54) is 0 Å². The summed E-state index contributed by atoms with van der Waals surface area (Å²) >= 11 is 0. The van der Waals surface area contributed by atoms with Crippen LogP contribution in [0.4, 0.5) is 0 Å². The zero-order valence-electron chi connectivity index (χ0n) is 18.3. The molecule has 1 saturated heterocycles. The van der Waals surface area contributed by atoms with Crippen molar-refractivity contribution in [2.24, 2.45) is 5.73 Å². The molecule has 4 aromatic rings. The van der Waals surface area contributed by atoms with Crippen LogP contribution in [0.15, 0.2) is 79.1 Å². The number of nitrogens with zero attached hydrogens (tertiary/aromatic N) is 3. The Morgan fingerprint density at radius 3 is 2.53 bits per heavy atom. The second kappa shape index (κ2) is 9.05. The third kappa shape index (κ3) is 3.91. The first-order chi connectivity index (χ1) is 16.6. The van der Waals surface area contributed by atoms with Crippen molar-refractivity contribution in [3.8, 4) is 5.82 Å². The number of benzene rings is 2. The van der Waals surface area contributed by atoms with Crippen LogP contribution in [-0.2, 0) is 20.7 Å². The molecule has 1 atom stereocenters. The number of carbonyl (C=O) groups is 2. The summed E-state index contributed by atoms with van der Waals surface area (Å²) in [7, 11) is 0. The zero-order valence-corrected chi connectivity index (χ0v) is 18.3. The number of fused-ring (bicyclic) bond motifs is 1. The van der Waals surface area contributed by atoms with Gasteiger partial charge in [0.2, 0.25) is 0 Å². The topological polar surface area (TPSA) is 121 Å². The fraction of sp³-hybridized carbons (Fsp3) is 0.200. The van der Waals surface area contributed by atoms with Gasteiger partial charge in [-0.15, -0.1) is 0 Å². The Morgan fingerprint density at radius 2 is 1.76 bits per heavy atom. The second-order valence-electron chi connectivity index (χ2n) is 7.93. The molecule has 9 heteroatoms. The third-order valence-electron chi connectivity index (χ3n) is 5.82. The number of hydrogen-bond acceptors (Lipinski definition) is 6. The van der Waals surface area contributed by atoms with Gasteiger partial charge in [-0.3, -0.25) is 9.59 Å². The number of aromatic nitrogens is 3. The maximum atomic E-state index is 13.6. The number of ether oxygens (including phenoxy) is 2. The van der Waals surface area contributed by atoms with Crippen molar-refractivity contribution in [2.45, 2.75) is 18.2 Å². The van der Waals surface area contributed by atoms with Gasteiger partial charge >= 0.3 is 0 Å². The summed E-state index contributed by atoms with van der Waals surface area (Å²) in [6.45, 7) is 0.392. The first-order valence-corrected chi connectivity index (χ1v) is 10.9. The highest BCUT2D eigenvalue weighted by molar-refractivity contribution is 5.98. The predicted octanol–water partition coefficient (Wildman–Crippen LogP) is 1.99. The van der Waals surface area contributed by atoms with Gasteiger partial charge in [-0.1, -0.05) is 48.5 Å². The SMILES string of the molecule is NC(=O)C1(C(Cc2ccccc2)NC(=O)c2cccnc2-n2ncc3ccccc32)OCCO1.